The Morgan fingerprint density at radius 3 is 2.81 bits per heavy atom. The largest absolute Gasteiger partial charge is 0.416 e. The van der Waals surface area contributed by atoms with Crippen molar-refractivity contribution in [3.63, 3.8) is 0 Å². The van der Waals surface area contributed by atoms with E-state index >= 15 is 0 Å². The summed E-state index contributed by atoms with van der Waals surface area (Å²) in [5.41, 5.74) is -0.290. The minimum Gasteiger partial charge on any atom is -0.384 e. The van der Waals surface area contributed by atoms with E-state index in [1.165, 1.54) is 12.5 Å². The van der Waals surface area contributed by atoms with E-state index in [0.29, 0.717) is 18.2 Å². The molecule has 1 fully saturated rings. The molecule has 1 aromatic carbocycles. The molecule has 0 spiro atoms. The summed E-state index contributed by atoms with van der Waals surface area (Å²) in [6.45, 7) is 2.70. The summed E-state index contributed by atoms with van der Waals surface area (Å²) in [4.78, 5) is 0. The van der Waals surface area contributed by atoms with Crippen LogP contribution in [0.4, 0.5) is 18.9 Å². The van der Waals surface area contributed by atoms with Crippen LogP contribution >= 0.6 is 0 Å². The highest BCUT2D eigenvalue weighted by Gasteiger charge is 2.31. The molecule has 2 N–H and O–H groups in total. The van der Waals surface area contributed by atoms with Crippen LogP contribution in [0.25, 0.3) is 0 Å². The van der Waals surface area contributed by atoms with Crippen LogP contribution in [0.1, 0.15) is 30.4 Å². The Morgan fingerprint density at radius 2 is 2.19 bits per heavy atom. The van der Waals surface area contributed by atoms with Crippen molar-refractivity contribution in [1.29, 1.82) is 5.26 Å². The van der Waals surface area contributed by atoms with Crippen LogP contribution in [0.15, 0.2) is 18.2 Å². The first-order valence-electron chi connectivity index (χ1n) is 7.06. The zero-order chi connectivity index (χ0) is 15.3. The molecular weight excluding hydrogens is 279 g/mol. The second-order valence-corrected chi connectivity index (χ2v) is 5.30. The Kier molecular flexibility index (Phi) is 5.07. The van der Waals surface area contributed by atoms with Crippen LogP contribution in [-0.4, -0.2) is 19.6 Å². The minimum atomic E-state index is -4.42. The SMILES string of the molecule is N#Cc1cc(C(F)(F)F)ccc1NCCC1CCCNC1. The van der Waals surface area contributed by atoms with Crippen LogP contribution in [0.2, 0.25) is 0 Å². The second kappa shape index (κ2) is 6.81. The first-order valence-corrected chi connectivity index (χ1v) is 7.06. The van der Waals surface area contributed by atoms with Crippen molar-refractivity contribution in [2.45, 2.75) is 25.4 Å². The van der Waals surface area contributed by atoms with Crippen LogP contribution in [0.5, 0.6) is 0 Å². The fourth-order valence-corrected chi connectivity index (χ4v) is 2.55. The van der Waals surface area contributed by atoms with E-state index in [4.69, 9.17) is 5.26 Å². The van der Waals surface area contributed by atoms with Gasteiger partial charge in [0, 0.05) is 6.54 Å². The molecule has 1 aliphatic heterocycles. The van der Waals surface area contributed by atoms with Gasteiger partial charge in [0.15, 0.2) is 0 Å². The van der Waals surface area contributed by atoms with Crippen LogP contribution < -0.4 is 10.6 Å². The summed E-state index contributed by atoms with van der Waals surface area (Å²) < 4.78 is 37.8. The van der Waals surface area contributed by atoms with Crippen molar-refractivity contribution in [3.05, 3.63) is 29.3 Å². The van der Waals surface area contributed by atoms with E-state index in [1.54, 1.807) is 0 Å². The van der Waals surface area contributed by atoms with Gasteiger partial charge in [-0.05, 0) is 56.5 Å². The van der Waals surface area contributed by atoms with Crippen molar-refractivity contribution in [2.75, 3.05) is 25.0 Å². The molecule has 21 heavy (non-hydrogen) atoms. The van der Waals surface area contributed by atoms with Crippen molar-refractivity contribution in [3.8, 4) is 6.07 Å². The lowest BCUT2D eigenvalue weighted by molar-refractivity contribution is -0.137. The molecule has 2 rings (SSSR count). The zero-order valence-electron chi connectivity index (χ0n) is 11.6. The lowest BCUT2D eigenvalue weighted by Crippen LogP contribution is -2.30. The van der Waals surface area contributed by atoms with Gasteiger partial charge >= 0.3 is 6.18 Å². The van der Waals surface area contributed by atoms with E-state index in [-0.39, 0.29) is 5.56 Å². The van der Waals surface area contributed by atoms with Gasteiger partial charge in [-0.15, -0.1) is 0 Å². The molecule has 6 heteroatoms. The second-order valence-electron chi connectivity index (χ2n) is 5.30. The lowest BCUT2D eigenvalue weighted by atomic mass is 9.96. The van der Waals surface area contributed by atoms with E-state index in [0.717, 1.165) is 38.1 Å². The number of rotatable bonds is 4. The van der Waals surface area contributed by atoms with Crippen molar-refractivity contribution < 1.29 is 13.2 Å². The normalized spacial score (nSPS) is 19.0. The molecule has 1 atom stereocenters. The number of hydrogen-bond acceptors (Lipinski definition) is 3. The summed E-state index contributed by atoms with van der Waals surface area (Å²) >= 11 is 0. The van der Waals surface area contributed by atoms with Crippen LogP contribution in [0, 0.1) is 17.2 Å². The number of piperidine rings is 1. The van der Waals surface area contributed by atoms with E-state index in [9.17, 15) is 13.2 Å². The fraction of sp³-hybridized carbons (Fsp3) is 0.533. The number of hydrogen-bond donors (Lipinski definition) is 2. The molecule has 0 aromatic heterocycles. The van der Waals surface area contributed by atoms with Gasteiger partial charge in [-0.25, -0.2) is 0 Å². The van der Waals surface area contributed by atoms with Crippen molar-refractivity contribution in [1.82, 2.24) is 5.32 Å². The number of alkyl halides is 3. The third-order valence-corrected chi connectivity index (χ3v) is 3.73. The van der Waals surface area contributed by atoms with Gasteiger partial charge in [0.1, 0.15) is 6.07 Å². The number of benzene rings is 1. The fourth-order valence-electron chi connectivity index (χ4n) is 2.55. The van der Waals surface area contributed by atoms with Crippen LogP contribution in [0.3, 0.4) is 0 Å². The standard InChI is InChI=1S/C15H18F3N3/c16-15(17,18)13-3-4-14(12(8-13)9-19)21-7-5-11-2-1-6-20-10-11/h3-4,8,11,20-21H,1-2,5-7,10H2. The molecule has 0 aliphatic carbocycles. The number of nitriles is 1. The maximum absolute atomic E-state index is 12.6. The monoisotopic (exact) mass is 297 g/mol. The first kappa shape index (κ1) is 15.6. The van der Waals surface area contributed by atoms with Gasteiger partial charge in [-0.2, -0.15) is 18.4 Å². The van der Waals surface area contributed by atoms with E-state index < -0.39 is 11.7 Å². The highest BCUT2D eigenvalue weighted by molar-refractivity contribution is 5.58. The van der Waals surface area contributed by atoms with Gasteiger partial charge in [0.25, 0.3) is 0 Å². The molecule has 0 amide bonds. The van der Waals surface area contributed by atoms with Gasteiger partial charge in [0.2, 0.25) is 0 Å². The Bertz CT molecular complexity index is 514. The lowest BCUT2D eigenvalue weighted by Gasteiger charge is -2.23. The van der Waals surface area contributed by atoms with E-state index in [2.05, 4.69) is 10.6 Å². The Labute approximate surface area is 122 Å². The summed E-state index contributed by atoms with van der Waals surface area (Å²) in [6.07, 6.45) is -1.14. The molecule has 0 saturated carbocycles. The van der Waals surface area contributed by atoms with Crippen molar-refractivity contribution >= 4 is 5.69 Å². The summed E-state index contributed by atoms with van der Waals surface area (Å²) in [5, 5.41) is 15.4. The van der Waals surface area contributed by atoms with Crippen LogP contribution in [-0.2, 0) is 6.18 Å². The predicted octanol–water partition coefficient (Wildman–Crippen LogP) is 3.38. The summed E-state index contributed by atoms with van der Waals surface area (Å²) in [7, 11) is 0. The maximum atomic E-state index is 12.6. The van der Waals surface area contributed by atoms with Gasteiger partial charge < -0.3 is 10.6 Å². The Hall–Kier alpha value is -1.74. The number of anilines is 1. The highest BCUT2D eigenvalue weighted by Crippen LogP contribution is 2.31. The molecule has 3 nitrogen and oxygen atoms in total. The Morgan fingerprint density at radius 1 is 1.38 bits per heavy atom. The molecular formula is C15H18F3N3. The minimum absolute atomic E-state index is 0.0339. The molecule has 1 aliphatic rings. The predicted molar refractivity (Wildman–Crippen MR) is 74.9 cm³/mol. The third-order valence-electron chi connectivity index (χ3n) is 3.73. The van der Waals surface area contributed by atoms with Gasteiger partial charge in [-0.3, -0.25) is 0 Å². The maximum Gasteiger partial charge on any atom is 0.416 e. The third kappa shape index (κ3) is 4.36. The van der Waals surface area contributed by atoms with E-state index in [1.807, 2.05) is 6.07 Å². The number of nitrogens with zero attached hydrogens (tertiary/aromatic N) is 1. The average molecular weight is 297 g/mol. The molecule has 0 radical (unpaired) electrons. The quantitative estimate of drug-likeness (QED) is 0.895. The Balaban J connectivity index is 1.95. The molecule has 1 unspecified atom stereocenters. The highest BCUT2D eigenvalue weighted by atomic mass is 19.4. The molecule has 1 aromatic rings. The number of halogens is 3. The van der Waals surface area contributed by atoms with Gasteiger partial charge in [-0.1, -0.05) is 0 Å². The average Bonchev–Trinajstić information content (AvgIpc) is 2.47. The molecule has 1 saturated heterocycles. The molecule has 0 bridgehead atoms. The first-order chi connectivity index (χ1) is 10.0. The molecule has 114 valence electrons. The smallest absolute Gasteiger partial charge is 0.384 e. The molecule has 1 heterocycles. The summed E-state index contributed by atoms with van der Waals surface area (Å²) in [6, 6.07) is 5.05. The zero-order valence-corrected chi connectivity index (χ0v) is 11.6. The number of nitrogens with one attached hydrogen (secondary N) is 2. The summed E-state index contributed by atoms with van der Waals surface area (Å²) in [5.74, 6) is 0.589. The topological polar surface area (TPSA) is 47.9 Å². The van der Waals surface area contributed by atoms with Gasteiger partial charge in [0.05, 0.1) is 16.8 Å². The van der Waals surface area contributed by atoms with Crippen molar-refractivity contribution in [2.24, 2.45) is 5.92 Å².